The highest BCUT2D eigenvalue weighted by atomic mass is 79.9. The number of benzene rings is 4. The molecule has 0 saturated carbocycles. The summed E-state index contributed by atoms with van der Waals surface area (Å²) in [5.74, 6) is -0.888. The Morgan fingerprint density at radius 1 is 0.844 bits per heavy atom. The Morgan fingerprint density at radius 2 is 1.44 bits per heavy atom. The van der Waals surface area contributed by atoms with Gasteiger partial charge in [0, 0.05) is 34.0 Å². The first-order valence-electron chi connectivity index (χ1n) is 14.5. The van der Waals surface area contributed by atoms with Gasteiger partial charge in [0.15, 0.2) is 0 Å². The highest BCUT2D eigenvalue weighted by Crippen LogP contribution is 2.30. The second-order valence-electron chi connectivity index (χ2n) is 10.5. The molecule has 4 aromatic rings. The van der Waals surface area contributed by atoms with Gasteiger partial charge in [-0.15, -0.1) is 0 Å². The van der Waals surface area contributed by atoms with Crippen molar-refractivity contribution >= 4 is 66.7 Å². The van der Waals surface area contributed by atoms with Gasteiger partial charge in [0.05, 0.1) is 10.6 Å². The predicted octanol–water partition coefficient (Wildman–Crippen LogP) is 7.51. The van der Waals surface area contributed by atoms with Crippen LogP contribution in [0.15, 0.2) is 112 Å². The summed E-state index contributed by atoms with van der Waals surface area (Å²) in [4.78, 5) is 29.7. The number of nitrogens with zero attached hydrogens (tertiary/aromatic N) is 2. The van der Waals surface area contributed by atoms with Crippen LogP contribution in [0.2, 0.25) is 10.0 Å². The fourth-order valence-corrected chi connectivity index (χ4v) is 6.98. The first-order valence-corrected chi connectivity index (χ1v) is 17.5. The smallest absolute Gasteiger partial charge is 0.264 e. The highest BCUT2D eigenvalue weighted by molar-refractivity contribution is 9.10. The number of carbonyl (C=O) groups is 2. The number of sulfonamides is 1. The molecule has 11 heteroatoms. The van der Waals surface area contributed by atoms with Gasteiger partial charge in [0.2, 0.25) is 11.8 Å². The normalized spacial score (nSPS) is 11.9. The van der Waals surface area contributed by atoms with Crippen molar-refractivity contribution in [3.05, 3.63) is 129 Å². The van der Waals surface area contributed by atoms with Crippen molar-refractivity contribution in [2.45, 2.75) is 43.7 Å². The molecule has 0 unspecified atom stereocenters. The molecule has 7 nitrogen and oxygen atoms in total. The highest BCUT2D eigenvalue weighted by Gasteiger charge is 2.34. The summed E-state index contributed by atoms with van der Waals surface area (Å²) in [5, 5.41) is 3.40. The van der Waals surface area contributed by atoms with Gasteiger partial charge in [-0.25, -0.2) is 8.42 Å². The molecule has 2 amide bonds. The molecule has 0 fully saturated rings. The second kappa shape index (κ2) is 16.3. The lowest BCUT2D eigenvalue weighted by Gasteiger charge is -2.34. The number of hydrogen-bond acceptors (Lipinski definition) is 4. The molecule has 1 atom stereocenters. The predicted molar refractivity (Wildman–Crippen MR) is 184 cm³/mol. The van der Waals surface area contributed by atoms with Crippen LogP contribution >= 0.6 is 39.1 Å². The van der Waals surface area contributed by atoms with Crippen LogP contribution < -0.4 is 9.62 Å². The number of carbonyl (C=O) groups excluding carboxylic acids is 2. The molecule has 0 radical (unpaired) electrons. The van der Waals surface area contributed by atoms with E-state index in [1.165, 1.54) is 35.2 Å². The number of hydrogen-bond donors (Lipinski definition) is 1. The maximum atomic E-state index is 14.5. The number of halogens is 3. The van der Waals surface area contributed by atoms with Crippen LogP contribution in [-0.4, -0.2) is 44.3 Å². The Labute approximate surface area is 283 Å². The molecule has 4 rings (SSSR count). The summed E-state index contributed by atoms with van der Waals surface area (Å²) < 4.78 is 30.0. The van der Waals surface area contributed by atoms with E-state index in [1.807, 2.05) is 61.5 Å². The number of unbranched alkanes of at least 4 members (excludes halogenated alkanes) is 1. The third kappa shape index (κ3) is 9.56. The van der Waals surface area contributed by atoms with Gasteiger partial charge in [-0.2, -0.15) is 0 Å². The van der Waals surface area contributed by atoms with Crippen LogP contribution in [0.1, 0.15) is 30.9 Å². The fraction of sp³-hybridized carbons (Fsp3) is 0.235. The molecular weight excluding hydrogens is 697 g/mol. The van der Waals surface area contributed by atoms with E-state index >= 15 is 0 Å². The van der Waals surface area contributed by atoms with Gasteiger partial charge in [0.25, 0.3) is 10.0 Å². The number of anilines is 1. The van der Waals surface area contributed by atoms with Crippen LogP contribution in [0.4, 0.5) is 5.69 Å². The summed E-state index contributed by atoms with van der Waals surface area (Å²) in [6.07, 6.45) is 1.90. The average molecular weight is 732 g/mol. The second-order valence-corrected chi connectivity index (χ2v) is 14.1. The van der Waals surface area contributed by atoms with Gasteiger partial charge in [-0.05, 0) is 60.0 Å². The quantitative estimate of drug-likeness (QED) is 0.136. The average Bonchev–Trinajstić information content (AvgIpc) is 3.02. The first kappa shape index (κ1) is 34.5. The van der Waals surface area contributed by atoms with E-state index in [9.17, 15) is 18.0 Å². The van der Waals surface area contributed by atoms with Crippen molar-refractivity contribution in [3.63, 3.8) is 0 Å². The molecule has 236 valence electrons. The summed E-state index contributed by atoms with van der Waals surface area (Å²) >= 11 is 16.0. The molecule has 1 N–H and O–H groups in total. The molecule has 4 aromatic carbocycles. The van der Waals surface area contributed by atoms with Crippen molar-refractivity contribution in [2.75, 3.05) is 17.4 Å². The van der Waals surface area contributed by atoms with Crippen LogP contribution in [0.25, 0.3) is 0 Å². The summed E-state index contributed by atoms with van der Waals surface area (Å²) in [5.41, 5.74) is 1.76. The van der Waals surface area contributed by atoms with Crippen molar-refractivity contribution in [3.8, 4) is 0 Å². The van der Waals surface area contributed by atoms with Gasteiger partial charge >= 0.3 is 0 Å². The topological polar surface area (TPSA) is 86.8 Å². The van der Waals surface area contributed by atoms with E-state index in [-0.39, 0.29) is 39.5 Å². The van der Waals surface area contributed by atoms with E-state index in [0.29, 0.717) is 6.54 Å². The largest absolute Gasteiger partial charge is 0.354 e. The maximum absolute atomic E-state index is 14.5. The fourth-order valence-electron chi connectivity index (χ4n) is 4.78. The number of amides is 2. The van der Waals surface area contributed by atoms with Crippen LogP contribution in [0, 0.1) is 0 Å². The Hall–Kier alpha value is -3.37. The van der Waals surface area contributed by atoms with Crippen molar-refractivity contribution in [2.24, 2.45) is 0 Å². The Bertz CT molecular complexity index is 1670. The summed E-state index contributed by atoms with van der Waals surface area (Å²) in [6, 6.07) is 28.1. The van der Waals surface area contributed by atoms with Gasteiger partial charge in [0.1, 0.15) is 12.6 Å². The van der Waals surface area contributed by atoms with Crippen molar-refractivity contribution in [1.82, 2.24) is 10.2 Å². The standard InChI is InChI=1S/C34H34BrCl2N3O4S/c1-2-3-18-38-34(42)32(19-25-10-6-4-7-11-25)39(23-26-14-16-27(35)17-15-26)33(41)24-40(30-21-28(36)20-29(37)22-30)45(43,44)31-12-8-5-9-13-31/h4-17,20-22,32H,2-3,18-19,23-24H2,1H3,(H,38,42)/t32-/m1/s1. The molecule has 0 aliphatic heterocycles. The minimum absolute atomic E-state index is 0.00787. The molecule has 0 aliphatic carbocycles. The Kier molecular flexibility index (Phi) is 12.5. The molecule has 0 saturated heterocycles. The molecule has 0 heterocycles. The molecule has 0 aromatic heterocycles. The van der Waals surface area contributed by atoms with Crippen LogP contribution in [0.3, 0.4) is 0 Å². The minimum atomic E-state index is -4.26. The van der Waals surface area contributed by atoms with E-state index in [2.05, 4.69) is 21.2 Å². The first-order chi connectivity index (χ1) is 21.6. The lowest BCUT2D eigenvalue weighted by Crippen LogP contribution is -2.53. The zero-order valence-electron chi connectivity index (χ0n) is 24.7. The molecule has 0 spiro atoms. The minimum Gasteiger partial charge on any atom is -0.354 e. The Morgan fingerprint density at radius 3 is 2.04 bits per heavy atom. The monoisotopic (exact) mass is 729 g/mol. The molecule has 0 bridgehead atoms. The lowest BCUT2D eigenvalue weighted by atomic mass is 10.0. The molecule has 45 heavy (non-hydrogen) atoms. The number of nitrogens with one attached hydrogen (secondary N) is 1. The Balaban J connectivity index is 1.80. The van der Waals surface area contributed by atoms with E-state index in [1.54, 1.807) is 18.2 Å². The van der Waals surface area contributed by atoms with Gasteiger partial charge in [-0.1, -0.05) is 113 Å². The SMILES string of the molecule is CCCCNC(=O)[C@@H](Cc1ccccc1)N(Cc1ccc(Br)cc1)C(=O)CN(c1cc(Cl)cc(Cl)c1)S(=O)(=O)c1ccccc1. The summed E-state index contributed by atoms with van der Waals surface area (Å²) in [7, 11) is -4.26. The third-order valence-electron chi connectivity index (χ3n) is 7.11. The third-order valence-corrected chi connectivity index (χ3v) is 9.87. The lowest BCUT2D eigenvalue weighted by molar-refractivity contribution is -0.140. The van der Waals surface area contributed by atoms with Crippen LogP contribution in [0.5, 0.6) is 0 Å². The van der Waals surface area contributed by atoms with Crippen molar-refractivity contribution in [1.29, 1.82) is 0 Å². The van der Waals surface area contributed by atoms with Crippen LogP contribution in [-0.2, 0) is 32.6 Å². The van der Waals surface area contributed by atoms with Gasteiger partial charge < -0.3 is 10.2 Å². The van der Waals surface area contributed by atoms with E-state index < -0.39 is 28.5 Å². The van der Waals surface area contributed by atoms with Crippen molar-refractivity contribution < 1.29 is 18.0 Å². The van der Waals surface area contributed by atoms with E-state index in [0.717, 1.165) is 32.7 Å². The summed E-state index contributed by atoms with van der Waals surface area (Å²) in [6.45, 7) is 1.95. The molecule has 0 aliphatic rings. The molecular formula is C34H34BrCl2N3O4S. The number of rotatable bonds is 14. The zero-order chi connectivity index (χ0) is 32.4. The maximum Gasteiger partial charge on any atom is 0.264 e. The van der Waals surface area contributed by atoms with E-state index in [4.69, 9.17) is 23.2 Å². The zero-order valence-corrected chi connectivity index (χ0v) is 28.6. The van der Waals surface area contributed by atoms with Gasteiger partial charge in [-0.3, -0.25) is 13.9 Å².